The van der Waals surface area contributed by atoms with Crippen molar-refractivity contribution in [3.05, 3.63) is 34.1 Å². The number of rotatable bonds is 3. The minimum Gasteiger partial charge on any atom is -0.393 e. The summed E-state index contributed by atoms with van der Waals surface area (Å²) in [6.45, 7) is 2.19. The van der Waals surface area contributed by atoms with Gasteiger partial charge in [-0.15, -0.1) is 0 Å². The molecule has 3 atom stereocenters. The lowest BCUT2D eigenvalue weighted by Crippen LogP contribution is -2.30. The smallest absolute Gasteiger partial charge is 0.127 e. The van der Waals surface area contributed by atoms with Gasteiger partial charge in [0.1, 0.15) is 5.82 Å². The van der Waals surface area contributed by atoms with Gasteiger partial charge in [-0.05, 0) is 55.2 Å². The van der Waals surface area contributed by atoms with E-state index in [0.717, 1.165) is 35.7 Å². The molecular formula is C15H20BrFO. The zero-order chi connectivity index (χ0) is 13.1. The number of aliphatic hydroxyl groups excluding tert-OH is 1. The molecule has 0 heterocycles. The average Bonchev–Trinajstić information content (AvgIpc) is 2.35. The van der Waals surface area contributed by atoms with Crippen molar-refractivity contribution in [1.82, 2.24) is 0 Å². The largest absolute Gasteiger partial charge is 0.393 e. The van der Waals surface area contributed by atoms with Gasteiger partial charge < -0.3 is 5.11 Å². The highest BCUT2D eigenvalue weighted by molar-refractivity contribution is 9.10. The molecule has 1 aromatic rings. The molecule has 0 saturated heterocycles. The van der Waals surface area contributed by atoms with Gasteiger partial charge in [0, 0.05) is 4.47 Å². The SMILES string of the molecule is CCC1CCC(O)C(Cc2ccc(Br)cc2F)C1. The second-order valence-corrected chi connectivity index (χ2v) is 6.27. The molecule has 0 aliphatic heterocycles. The highest BCUT2D eigenvalue weighted by Gasteiger charge is 2.28. The molecule has 0 bridgehead atoms. The third-order valence-corrected chi connectivity index (χ3v) is 4.62. The first-order chi connectivity index (χ1) is 8.60. The Morgan fingerprint density at radius 1 is 1.39 bits per heavy atom. The van der Waals surface area contributed by atoms with Crippen LogP contribution in [0.1, 0.15) is 38.2 Å². The topological polar surface area (TPSA) is 20.2 Å². The summed E-state index contributed by atoms with van der Waals surface area (Å²) in [5.41, 5.74) is 0.721. The summed E-state index contributed by atoms with van der Waals surface area (Å²) in [5, 5.41) is 10.1. The van der Waals surface area contributed by atoms with Crippen LogP contribution in [0.4, 0.5) is 4.39 Å². The fourth-order valence-corrected chi connectivity index (χ4v) is 3.24. The van der Waals surface area contributed by atoms with Crippen LogP contribution >= 0.6 is 15.9 Å². The third kappa shape index (κ3) is 3.33. The number of hydrogen-bond acceptors (Lipinski definition) is 1. The fourth-order valence-electron chi connectivity index (χ4n) is 2.91. The Morgan fingerprint density at radius 2 is 2.17 bits per heavy atom. The van der Waals surface area contributed by atoms with Crippen LogP contribution in [0.5, 0.6) is 0 Å². The number of benzene rings is 1. The maximum atomic E-state index is 13.8. The van der Waals surface area contributed by atoms with Crippen molar-refractivity contribution in [1.29, 1.82) is 0 Å². The summed E-state index contributed by atoms with van der Waals surface area (Å²) in [6.07, 6.45) is 4.53. The van der Waals surface area contributed by atoms with Gasteiger partial charge in [0.05, 0.1) is 6.10 Å². The molecular weight excluding hydrogens is 295 g/mol. The fraction of sp³-hybridized carbons (Fsp3) is 0.600. The van der Waals surface area contributed by atoms with Crippen LogP contribution in [-0.4, -0.2) is 11.2 Å². The van der Waals surface area contributed by atoms with Gasteiger partial charge >= 0.3 is 0 Å². The van der Waals surface area contributed by atoms with Crippen molar-refractivity contribution in [2.45, 2.75) is 45.1 Å². The highest BCUT2D eigenvalue weighted by atomic mass is 79.9. The second kappa shape index (κ2) is 6.16. The zero-order valence-electron chi connectivity index (χ0n) is 10.7. The highest BCUT2D eigenvalue weighted by Crippen LogP contribution is 2.34. The van der Waals surface area contributed by atoms with E-state index >= 15 is 0 Å². The summed E-state index contributed by atoms with van der Waals surface area (Å²) >= 11 is 3.26. The molecule has 1 N–H and O–H groups in total. The Hall–Kier alpha value is -0.410. The first-order valence-electron chi connectivity index (χ1n) is 6.72. The van der Waals surface area contributed by atoms with Crippen molar-refractivity contribution >= 4 is 15.9 Å². The Bertz CT molecular complexity index is 407. The van der Waals surface area contributed by atoms with Gasteiger partial charge in [0.15, 0.2) is 0 Å². The van der Waals surface area contributed by atoms with Crippen molar-refractivity contribution in [2.24, 2.45) is 11.8 Å². The van der Waals surface area contributed by atoms with Crippen molar-refractivity contribution < 1.29 is 9.50 Å². The maximum Gasteiger partial charge on any atom is 0.127 e. The molecule has 1 saturated carbocycles. The van der Waals surface area contributed by atoms with Crippen LogP contribution < -0.4 is 0 Å². The molecule has 3 heteroatoms. The Balaban J connectivity index is 2.07. The number of halogens is 2. The summed E-state index contributed by atoms with van der Waals surface area (Å²) < 4.78 is 14.6. The Labute approximate surface area is 117 Å². The minimum atomic E-state index is -0.268. The van der Waals surface area contributed by atoms with E-state index in [1.807, 2.05) is 12.1 Å². The maximum absolute atomic E-state index is 13.8. The van der Waals surface area contributed by atoms with E-state index in [0.29, 0.717) is 12.3 Å². The predicted octanol–water partition coefficient (Wildman–Crippen LogP) is 4.32. The molecule has 1 nitrogen and oxygen atoms in total. The summed E-state index contributed by atoms with van der Waals surface area (Å²) in [6, 6.07) is 5.19. The molecule has 1 fully saturated rings. The molecule has 1 aromatic carbocycles. The normalized spacial score (nSPS) is 28.3. The van der Waals surface area contributed by atoms with E-state index in [1.54, 1.807) is 0 Å². The molecule has 1 aliphatic carbocycles. The molecule has 3 unspecified atom stereocenters. The predicted molar refractivity (Wildman–Crippen MR) is 74.9 cm³/mol. The van der Waals surface area contributed by atoms with Crippen LogP contribution in [0.3, 0.4) is 0 Å². The van der Waals surface area contributed by atoms with Crippen molar-refractivity contribution in [3.63, 3.8) is 0 Å². The summed E-state index contributed by atoms with van der Waals surface area (Å²) in [4.78, 5) is 0. The van der Waals surface area contributed by atoms with Crippen LogP contribution in [0.15, 0.2) is 22.7 Å². The molecule has 0 amide bonds. The molecule has 100 valence electrons. The number of hydrogen-bond donors (Lipinski definition) is 1. The van der Waals surface area contributed by atoms with Gasteiger partial charge in [-0.1, -0.05) is 35.3 Å². The van der Waals surface area contributed by atoms with Gasteiger partial charge in [-0.2, -0.15) is 0 Å². The quantitative estimate of drug-likeness (QED) is 0.881. The Kier molecular flexibility index (Phi) is 4.79. The van der Waals surface area contributed by atoms with Crippen molar-refractivity contribution in [2.75, 3.05) is 0 Å². The third-order valence-electron chi connectivity index (χ3n) is 4.13. The molecule has 0 radical (unpaired) electrons. The van der Waals surface area contributed by atoms with Crippen LogP contribution in [0.2, 0.25) is 0 Å². The van der Waals surface area contributed by atoms with Crippen LogP contribution in [0, 0.1) is 17.7 Å². The molecule has 2 rings (SSSR count). The van der Waals surface area contributed by atoms with E-state index in [-0.39, 0.29) is 17.8 Å². The van der Waals surface area contributed by atoms with E-state index < -0.39 is 0 Å². The zero-order valence-corrected chi connectivity index (χ0v) is 12.3. The molecule has 18 heavy (non-hydrogen) atoms. The Morgan fingerprint density at radius 3 is 2.83 bits per heavy atom. The standard InChI is InChI=1S/C15H20BrFO/c1-2-10-3-6-15(18)12(7-10)8-11-4-5-13(16)9-14(11)17/h4-5,9-10,12,15,18H,2-3,6-8H2,1H3. The molecule has 1 aliphatic rings. The summed E-state index contributed by atoms with van der Waals surface area (Å²) in [7, 11) is 0. The molecule has 0 aromatic heterocycles. The summed E-state index contributed by atoms with van der Waals surface area (Å²) in [5.74, 6) is 0.728. The lowest BCUT2D eigenvalue weighted by molar-refractivity contribution is 0.0471. The van der Waals surface area contributed by atoms with Crippen LogP contribution in [0.25, 0.3) is 0 Å². The monoisotopic (exact) mass is 314 g/mol. The first kappa shape index (κ1) is 14.0. The minimum absolute atomic E-state index is 0.171. The van der Waals surface area contributed by atoms with E-state index in [9.17, 15) is 9.50 Å². The lowest BCUT2D eigenvalue weighted by atomic mass is 9.76. The van der Waals surface area contributed by atoms with Gasteiger partial charge in [-0.3, -0.25) is 0 Å². The van der Waals surface area contributed by atoms with E-state index in [4.69, 9.17) is 0 Å². The van der Waals surface area contributed by atoms with E-state index in [2.05, 4.69) is 22.9 Å². The first-order valence-corrected chi connectivity index (χ1v) is 7.51. The molecule has 0 spiro atoms. The van der Waals surface area contributed by atoms with Gasteiger partial charge in [0.25, 0.3) is 0 Å². The number of aliphatic hydroxyl groups is 1. The van der Waals surface area contributed by atoms with Gasteiger partial charge in [-0.25, -0.2) is 4.39 Å². The average molecular weight is 315 g/mol. The second-order valence-electron chi connectivity index (χ2n) is 5.35. The lowest BCUT2D eigenvalue weighted by Gasteiger charge is -2.33. The van der Waals surface area contributed by atoms with Crippen molar-refractivity contribution in [3.8, 4) is 0 Å². The van der Waals surface area contributed by atoms with E-state index in [1.165, 1.54) is 6.07 Å². The van der Waals surface area contributed by atoms with Gasteiger partial charge in [0.2, 0.25) is 0 Å². The van der Waals surface area contributed by atoms with Crippen LogP contribution in [-0.2, 0) is 6.42 Å².